The Morgan fingerprint density at radius 3 is 2.69 bits per heavy atom. The molecule has 2 atom stereocenters. The maximum Gasteiger partial charge on any atom is 0.258 e. The fourth-order valence-corrected chi connectivity index (χ4v) is 3.90. The van der Waals surface area contributed by atoms with E-state index < -0.39 is 0 Å². The molecule has 2 aromatic carbocycles. The highest BCUT2D eigenvalue weighted by molar-refractivity contribution is 8.00. The monoisotopic (exact) mass is 475 g/mol. The van der Waals surface area contributed by atoms with Gasteiger partial charge >= 0.3 is 0 Å². The molecule has 2 amide bonds. The lowest BCUT2D eigenvalue weighted by Crippen LogP contribution is -2.35. The molecule has 2 N–H and O–H groups in total. The average Bonchev–Trinajstić information content (AvgIpc) is 3.32. The standard InChI is InChI=1S/C23H26ClN3O4S/c1-16(32-21-10-6-18(24)7-11-21)23(29)27-26-13-17-4-8-19(9-5-17)31-15-22(28)25-14-20-3-2-12-30-20/h4-11,13,16,20H,2-3,12,14-15H2,1H3,(H,25,28)(H,27,29)/b26-13-/t16-,20-/m0/s1. The number of hydrogen-bond acceptors (Lipinski definition) is 6. The van der Waals surface area contributed by atoms with Gasteiger partial charge in [0.1, 0.15) is 5.75 Å². The predicted octanol–water partition coefficient (Wildman–Crippen LogP) is 3.64. The summed E-state index contributed by atoms with van der Waals surface area (Å²) in [6.07, 6.45) is 3.68. The average molecular weight is 476 g/mol. The van der Waals surface area contributed by atoms with Gasteiger partial charge in [0.25, 0.3) is 11.8 Å². The van der Waals surface area contributed by atoms with Gasteiger partial charge in [-0.1, -0.05) is 11.6 Å². The van der Waals surface area contributed by atoms with Crippen molar-refractivity contribution in [2.45, 2.75) is 36.0 Å². The predicted molar refractivity (Wildman–Crippen MR) is 126 cm³/mol. The number of carbonyl (C=O) groups is 2. The molecule has 32 heavy (non-hydrogen) atoms. The first kappa shape index (κ1) is 24.1. The molecule has 7 nitrogen and oxygen atoms in total. The van der Waals surface area contributed by atoms with Gasteiger partial charge < -0.3 is 14.8 Å². The minimum absolute atomic E-state index is 0.0562. The topological polar surface area (TPSA) is 89.0 Å². The molecule has 0 aromatic heterocycles. The van der Waals surface area contributed by atoms with E-state index in [-0.39, 0.29) is 29.8 Å². The van der Waals surface area contributed by atoms with Crippen LogP contribution in [0.25, 0.3) is 0 Å². The molecule has 0 radical (unpaired) electrons. The van der Waals surface area contributed by atoms with E-state index in [1.165, 1.54) is 11.8 Å². The van der Waals surface area contributed by atoms with Crippen LogP contribution >= 0.6 is 23.4 Å². The maximum absolute atomic E-state index is 12.2. The number of nitrogens with zero attached hydrogens (tertiary/aromatic N) is 1. The minimum atomic E-state index is -0.310. The van der Waals surface area contributed by atoms with Crippen molar-refractivity contribution in [1.29, 1.82) is 0 Å². The molecular formula is C23H26ClN3O4S. The van der Waals surface area contributed by atoms with Crippen molar-refractivity contribution in [2.75, 3.05) is 19.8 Å². The third kappa shape index (κ3) is 8.18. The molecule has 3 rings (SSSR count). The summed E-state index contributed by atoms with van der Waals surface area (Å²) in [6, 6.07) is 14.4. The largest absolute Gasteiger partial charge is 0.484 e. The lowest BCUT2D eigenvalue weighted by atomic mass is 10.2. The van der Waals surface area contributed by atoms with Crippen LogP contribution in [0.2, 0.25) is 5.02 Å². The molecule has 1 saturated heterocycles. The van der Waals surface area contributed by atoms with Gasteiger partial charge in [-0.25, -0.2) is 5.43 Å². The van der Waals surface area contributed by atoms with E-state index in [4.69, 9.17) is 21.1 Å². The van der Waals surface area contributed by atoms with Gasteiger partial charge in [-0.2, -0.15) is 5.10 Å². The van der Waals surface area contributed by atoms with Crippen molar-refractivity contribution >= 4 is 41.4 Å². The molecule has 0 bridgehead atoms. The molecule has 0 spiro atoms. The van der Waals surface area contributed by atoms with E-state index in [1.54, 1.807) is 42.6 Å². The van der Waals surface area contributed by atoms with Crippen molar-refractivity contribution in [3.8, 4) is 5.75 Å². The summed E-state index contributed by atoms with van der Waals surface area (Å²) in [5.74, 6) is 0.195. The van der Waals surface area contributed by atoms with Gasteiger partial charge in [0.2, 0.25) is 0 Å². The number of rotatable bonds is 10. The van der Waals surface area contributed by atoms with Crippen LogP contribution in [-0.4, -0.2) is 49.1 Å². The number of carbonyl (C=O) groups excluding carboxylic acids is 2. The van der Waals surface area contributed by atoms with Crippen LogP contribution in [0.3, 0.4) is 0 Å². The third-order valence-corrected chi connectivity index (χ3v) is 6.05. The van der Waals surface area contributed by atoms with E-state index >= 15 is 0 Å². The van der Waals surface area contributed by atoms with Gasteiger partial charge in [-0.05, 0) is 73.9 Å². The van der Waals surface area contributed by atoms with Crippen molar-refractivity contribution in [3.63, 3.8) is 0 Å². The summed E-state index contributed by atoms with van der Waals surface area (Å²) in [5.41, 5.74) is 3.33. The van der Waals surface area contributed by atoms with Gasteiger partial charge in [0.05, 0.1) is 17.6 Å². The zero-order valence-electron chi connectivity index (χ0n) is 17.8. The Morgan fingerprint density at radius 1 is 1.25 bits per heavy atom. The molecule has 9 heteroatoms. The second kappa shape index (κ2) is 12.5. The third-order valence-electron chi connectivity index (χ3n) is 4.69. The zero-order valence-corrected chi connectivity index (χ0v) is 19.3. The molecular weight excluding hydrogens is 450 g/mol. The number of ether oxygens (including phenoxy) is 2. The van der Waals surface area contributed by atoms with Crippen LogP contribution in [0, 0.1) is 0 Å². The Labute approximate surface area is 196 Å². The van der Waals surface area contributed by atoms with E-state index in [9.17, 15) is 9.59 Å². The highest BCUT2D eigenvalue weighted by Gasteiger charge is 2.16. The fraction of sp³-hybridized carbons (Fsp3) is 0.348. The second-order valence-electron chi connectivity index (χ2n) is 7.25. The van der Waals surface area contributed by atoms with Crippen molar-refractivity contribution < 1.29 is 19.1 Å². The number of thioether (sulfide) groups is 1. The number of hydrazone groups is 1. The number of halogens is 1. The van der Waals surface area contributed by atoms with E-state index in [0.717, 1.165) is 29.9 Å². The normalized spacial score (nSPS) is 16.6. The van der Waals surface area contributed by atoms with Crippen LogP contribution in [0.1, 0.15) is 25.3 Å². The maximum atomic E-state index is 12.2. The van der Waals surface area contributed by atoms with Crippen LogP contribution in [0.5, 0.6) is 5.75 Å². The Hall–Kier alpha value is -2.55. The highest BCUT2D eigenvalue weighted by Crippen LogP contribution is 2.24. The second-order valence-corrected chi connectivity index (χ2v) is 9.10. The fourth-order valence-electron chi connectivity index (χ4n) is 2.92. The van der Waals surface area contributed by atoms with Crippen LogP contribution in [0.15, 0.2) is 58.5 Å². The van der Waals surface area contributed by atoms with Gasteiger partial charge in [-0.15, -0.1) is 11.8 Å². The van der Waals surface area contributed by atoms with Gasteiger partial charge in [-0.3, -0.25) is 9.59 Å². The van der Waals surface area contributed by atoms with E-state index in [2.05, 4.69) is 15.8 Å². The van der Waals surface area contributed by atoms with Crippen molar-refractivity contribution in [3.05, 3.63) is 59.1 Å². The quantitative estimate of drug-likeness (QED) is 0.311. The lowest BCUT2D eigenvalue weighted by molar-refractivity contribution is -0.123. The molecule has 2 aromatic rings. The van der Waals surface area contributed by atoms with E-state index in [1.807, 2.05) is 19.1 Å². The highest BCUT2D eigenvalue weighted by atomic mass is 35.5. The Balaban J connectivity index is 1.37. The Morgan fingerprint density at radius 2 is 2.00 bits per heavy atom. The van der Waals surface area contributed by atoms with Gasteiger partial charge in [0.15, 0.2) is 6.61 Å². The smallest absolute Gasteiger partial charge is 0.258 e. The molecule has 0 aliphatic carbocycles. The summed E-state index contributed by atoms with van der Waals surface area (Å²) in [5, 5.41) is 7.17. The minimum Gasteiger partial charge on any atom is -0.484 e. The Bertz CT molecular complexity index is 916. The molecule has 0 saturated carbocycles. The van der Waals surface area contributed by atoms with Crippen molar-refractivity contribution in [2.24, 2.45) is 5.10 Å². The first-order chi connectivity index (χ1) is 15.5. The molecule has 170 valence electrons. The lowest BCUT2D eigenvalue weighted by Gasteiger charge is -2.11. The summed E-state index contributed by atoms with van der Waals surface area (Å²) in [7, 11) is 0. The molecule has 0 unspecified atom stereocenters. The first-order valence-electron chi connectivity index (χ1n) is 10.4. The number of amides is 2. The number of hydrogen-bond donors (Lipinski definition) is 2. The van der Waals surface area contributed by atoms with Gasteiger partial charge in [0, 0.05) is 23.1 Å². The number of benzene rings is 2. The molecule has 1 heterocycles. The summed E-state index contributed by atoms with van der Waals surface area (Å²) in [4.78, 5) is 25.0. The first-order valence-corrected chi connectivity index (χ1v) is 11.6. The zero-order chi connectivity index (χ0) is 22.8. The SMILES string of the molecule is C[C@H](Sc1ccc(Cl)cc1)C(=O)N/N=C\c1ccc(OCC(=O)NC[C@@H]2CCCO2)cc1. The number of nitrogens with one attached hydrogen (secondary N) is 2. The molecule has 1 aliphatic heterocycles. The summed E-state index contributed by atoms with van der Waals surface area (Å²) in [6.45, 7) is 3.03. The molecule has 1 aliphatic rings. The van der Waals surface area contributed by atoms with Crippen LogP contribution in [-0.2, 0) is 14.3 Å². The van der Waals surface area contributed by atoms with Crippen molar-refractivity contribution in [1.82, 2.24) is 10.7 Å². The summed E-state index contributed by atoms with van der Waals surface area (Å²) >= 11 is 7.30. The van der Waals surface area contributed by atoms with Crippen LogP contribution in [0.4, 0.5) is 0 Å². The molecule has 1 fully saturated rings. The van der Waals surface area contributed by atoms with E-state index in [0.29, 0.717) is 17.3 Å². The van der Waals surface area contributed by atoms with Crippen LogP contribution < -0.4 is 15.5 Å². The summed E-state index contributed by atoms with van der Waals surface area (Å²) < 4.78 is 11.0. The Kier molecular flexibility index (Phi) is 9.40.